The molecular weight excluding hydrogens is 444 g/mol. The van der Waals surface area contributed by atoms with Gasteiger partial charge in [0.05, 0.1) is 33.1 Å². The molecule has 1 amide bonds. The molecule has 0 N–H and O–H groups in total. The Morgan fingerprint density at radius 3 is 2.76 bits per heavy atom. The maximum atomic E-state index is 13.0. The minimum atomic E-state index is -0.685. The summed E-state index contributed by atoms with van der Waals surface area (Å²) >= 11 is 1.41. The van der Waals surface area contributed by atoms with Crippen LogP contribution in [-0.2, 0) is 9.53 Å². The van der Waals surface area contributed by atoms with Crippen molar-refractivity contribution in [1.29, 1.82) is 0 Å². The SMILES string of the molecule is CCN(C(=O)COC(=O)c1cc(-c2ccco2)nc2onc(C)c12)c1nc2ccccc2s1. The van der Waals surface area contributed by atoms with Crippen LogP contribution < -0.4 is 4.90 Å². The Labute approximate surface area is 191 Å². The molecule has 0 radical (unpaired) electrons. The second-order valence-electron chi connectivity index (χ2n) is 7.16. The van der Waals surface area contributed by atoms with Crippen LogP contribution in [0, 0.1) is 6.92 Å². The van der Waals surface area contributed by atoms with E-state index in [0.717, 1.165) is 10.2 Å². The molecular formula is C23H18N4O5S. The van der Waals surface area contributed by atoms with E-state index in [1.807, 2.05) is 31.2 Å². The van der Waals surface area contributed by atoms with Gasteiger partial charge in [-0.25, -0.2) is 14.8 Å². The number of hydrogen-bond donors (Lipinski definition) is 0. The van der Waals surface area contributed by atoms with E-state index in [4.69, 9.17) is 13.7 Å². The number of furan rings is 1. The lowest BCUT2D eigenvalue weighted by Crippen LogP contribution is -2.34. The Morgan fingerprint density at radius 2 is 2.00 bits per heavy atom. The van der Waals surface area contributed by atoms with E-state index in [9.17, 15) is 9.59 Å². The number of likely N-dealkylation sites (N-methyl/N-ethyl adjacent to an activating group) is 1. The summed E-state index contributed by atoms with van der Waals surface area (Å²) in [7, 11) is 0. The van der Waals surface area contributed by atoms with E-state index in [0.29, 0.717) is 34.2 Å². The fourth-order valence-corrected chi connectivity index (χ4v) is 4.53. The third kappa shape index (κ3) is 3.85. The second-order valence-corrected chi connectivity index (χ2v) is 8.17. The number of ether oxygens (including phenoxy) is 1. The summed E-state index contributed by atoms with van der Waals surface area (Å²) in [6.07, 6.45) is 1.50. The van der Waals surface area contributed by atoms with Crippen molar-refractivity contribution < 1.29 is 23.3 Å². The van der Waals surface area contributed by atoms with E-state index in [1.54, 1.807) is 25.1 Å². The highest BCUT2D eigenvalue weighted by Crippen LogP contribution is 2.29. The highest BCUT2D eigenvalue weighted by atomic mass is 32.1. The van der Waals surface area contributed by atoms with Gasteiger partial charge in [-0.1, -0.05) is 28.6 Å². The monoisotopic (exact) mass is 462 g/mol. The number of para-hydroxylation sites is 1. The van der Waals surface area contributed by atoms with Crippen molar-refractivity contribution >= 4 is 49.7 Å². The molecule has 166 valence electrons. The largest absolute Gasteiger partial charge is 0.463 e. The smallest absolute Gasteiger partial charge is 0.339 e. The molecule has 0 aliphatic rings. The molecule has 0 saturated heterocycles. The van der Waals surface area contributed by atoms with Crippen molar-refractivity contribution in [1.82, 2.24) is 15.1 Å². The Bertz CT molecular complexity index is 1440. The fourth-order valence-electron chi connectivity index (χ4n) is 3.48. The van der Waals surface area contributed by atoms with Crippen LogP contribution in [0.1, 0.15) is 23.0 Å². The average molecular weight is 462 g/mol. The predicted molar refractivity (Wildman–Crippen MR) is 122 cm³/mol. The van der Waals surface area contributed by atoms with Gasteiger partial charge in [-0.3, -0.25) is 9.69 Å². The molecule has 4 aromatic heterocycles. The summed E-state index contributed by atoms with van der Waals surface area (Å²) in [5.41, 5.74) is 2.08. The maximum absolute atomic E-state index is 13.0. The molecule has 0 atom stereocenters. The molecule has 9 nitrogen and oxygen atoms in total. The highest BCUT2D eigenvalue weighted by molar-refractivity contribution is 7.22. The van der Waals surface area contributed by atoms with Crippen LogP contribution in [0.25, 0.3) is 32.8 Å². The number of carbonyl (C=O) groups excluding carboxylic acids is 2. The normalized spacial score (nSPS) is 11.2. The number of benzene rings is 1. The first-order valence-corrected chi connectivity index (χ1v) is 11.0. The quantitative estimate of drug-likeness (QED) is 0.336. The number of aryl methyl sites for hydroxylation is 1. The molecule has 1 aromatic carbocycles. The van der Waals surface area contributed by atoms with Crippen LogP contribution in [0.15, 0.2) is 57.7 Å². The van der Waals surface area contributed by atoms with Gasteiger partial charge in [-0.05, 0) is 44.2 Å². The van der Waals surface area contributed by atoms with Crippen molar-refractivity contribution in [3.8, 4) is 11.5 Å². The van der Waals surface area contributed by atoms with Crippen LogP contribution in [0.4, 0.5) is 5.13 Å². The summed E-state index contributed by atoms with van der Waals surface area (Å²) in [6.45, 7) is 3.50. The average Bonchev–Trinajstić information content (AvgIpc) is 3.57. The second kappa shape index (κ2) is 8.47. The third-order valence-corrected chi connectivity index (χ3v) is 6.13. The molecule has 0 bridgehead atoms. The number of aromatic nitrogens is 3. The zero-order valence-electron chi connectivity index (χ0n) is 17.8. The Balaban J connectivity index is 1.39. The first-order valence-electron chi connectivity index (χ1n) is 10.2. The molecule has 5 aromatic rings. The lowest BCUT2D eigenvalue weighted by Gasteiger charge is -2.17. The third-order valence-electron chi connectivity index (χ3n) is 5.07. The number of pyridine rings is 1. The topological polar surface area (TPSA) is 112 Å². The van der Waals surface area contributed by atoms with E-state index in [-0.39, 0.29) is 17.2 Å². The molecule has 0 fully saturated rings. The predicted octanol–water partition coefficient (Wildman–Crippen LogP) is 4.61. The Morgan fingerprint density at radius 1 is 1.15 bits per heavy atom. The van der Waals surface area contributed by atoms with Gasteiger partial charge in [0, 0.05) is 6.54 Å². The highest BCUT2D eigenvalue weighted by Gasteiger charge is 2.24. The standard InChI is InChI=1S/C23H18N4O5S/c1-3-27(23-25-15-7-4-5-9-18(15)33-23)19(28)12-31-22(29)14-11-16(17-8-6-10-30-17)24-21-20(14)13(2)26-32-21/h4-11H,3,12H2,1-2H3. The molecule has 0 saturated carbocycles. The van der Waals surface area contributed by atoms with Crippen molar-refractivity contribution in [3.63, 3.8) is 0 Å². The number of fused-ring (bicyclic) bond motifs is 2. The molecule has 10 heteroatoms. The Kier molecular flexibility index (Phi) is 5.35. The van der Waals surface area contributed by atoms with E-state index < -0.39 is 12.6 Å². The van der Waals surface area contributed by atoms with Gasteiger partial charge in [0.1, 0.15) is 5.69 Å². The van der Waals surface area contributed by atoms with Crippen LogP contribution >= 0.6 is 11.3 Å². The number of anilines is 1. The number of carbonyl (C=O) groups is 2. The number of thiazole rings is 1. The van der Waals surface area contributed by atoms with Gasteiger partial charge < -0.3 is 13.7 Å². The Hall–Kier alpha value is -4.05. The number of amides is 1. The molecule has 5 rings (SSSR count). The van der Waals surface area contributed by atoms with E-state index in [2.05, 4.69) is 15.1 Å². The summed E-state index contributed by atoms with van der Waals surface area (Å²) in [6, 6.07) is 12.6. The van der Waals surface area contributed by atoms with E-state index in [1.165, 1.54) is 22.5 Å². The number of hydrogen-bond acceptors (Lipinski definition) is 9. The number of esters is 1. The zero-order valence-corrected chi connectivity index (χ0v) is 18.6. The summed E-state index contributed by atoms with van der Waals surface area (Å²) in [5, 5.41) is 4.89. The van der Waals surface area contributed by atoms with Crippen molar-refractivity contribution in [2.45, 2.75) is 13.8 Å². The van der Waals surface area contributed by atoms with Gasteiger partial charge in [0.15, 0.2) is 17.5 Å². The van der Waals surface area contributed by atoms with Crippen molar-refractivity contribution in [2.24, 2.45) is 0 Å². The fraction of sp³-hybridized carbons (Fsp3) is 0.174. The summed E-state index contributed by atoms with van der Waals surface area (Å²) < 4.78 is 17.0. The molecule has 0 unspecified atom stereocenters. The first-order chi connectivity index (χ1) is 16.0. The zero-order chi connectivity index (χ0) is 22.9. The lowest BCUT2D eigenvalue weighted by molar-refractivity contribution is -0.121. The van der Waals surface area contributed by atoms with E-state index >= 15 is 0 Å². The van der Waals surface area contributed by atoms with Crippen LogP contribution in [0.5, 0.6) is 0 Å². The van der Waals surface area contributed by atoms with Crippen LogP contribution in [0.3, 0.4) is 0 Å². The minimum Gasteiger partial charge on any atom is -0.463 e. The summed E-state index contributed by atoms with van der Waals surface area (Å²) in [5.74, 6) is -0.595. The van der Waals surface area contributed by atoms with Crippen LogP contribution in [0.2, 0.25) is 0 Å². The van der Waals surface area contributed by atoms with Crippen LogP contribution in [-0.4, -0.2) is 40.2 Å². The molecule has 4 heterocycles. The maximum Gasteiger partial charge on any atom is 0.339 e. The van der Waals surface area contributed by atoms with Crippen molar-refractivity contribution in [2.75, 3.05) is 18.1 Å². The molecule has 33 heavy (non-hydrogen) atoms. The van der Waals surface area contributed by atoms with Gasteiger partial charge in [-0.2, -0.15) is 0 Å². The first kappa shape index (κ1) is 20.8. The van der Waals surface area contributed by atoms with Crippen molar-refractivity contribution in [3.05, 3.63) is 60.0 Å². The van der Waals surface area contributed by atoms with Gasteiger partial charge in [0.2, 0.25) is 0 Å². The number of nitrogens with zero attached hydrogens (tertiary/aromatic N) is 4. The lowest BCUT2D eigenvalue weighted by atomic mass is 10.1. The molecule has 0 aliphatic carbocycles. The summed E-state index contributed by atoms with van der Waals surface area (Å²) in [4.78, 5) is 36.3. The molecule has 0 spiro atoms. The van der Waals surface area contributed by atoms with Gasteiger partial charge in [-0.15, -0.1) is 0 Å². The minimum absolute atomic E-state index is 0.185. The van der Waals surface area contributed by atoms with Gasteiger partial charge >= 0.3 is 5.97 Å². The number of rotatable bonds is 6. The molecule has 0 aliphatic heterocycles. The van der Waals surface area contributed by atoms with Gasteiger partial charge in [0.25, 0.3) is 11.6 Å².